The van der Waals surface area contributed by atoms with Crippen LogP contribution in [0.5, 0.6) is 0 Å². The molecule has 0 aromatic heterocycles. The fourth-order valence-corrected chi connectivity index (χ4v) is 3.75. The van der Waals surface area contributed by atoms with Gasteiger partial charge in [0.1, 0.15) is 0 Å². The quantitative estimate of drug-likeness (QED) is 0.788. The lowest BCUT2D eigenvalue weighted by Crippen LogP contribution is -2.29. The SMILES string of the molecule is O=C(CCC1CCNC1)NCCS(=O)(=O)c1ccc(Cl)cc1. The molecule has 1 saturated heterocycles. The van der Waals surface area contributed by atoms with E-state index in [0.717, 1.165) is 25.9 Å². The van der Waals surface area contributed by atoms with E-state index in [4.69, 9.17) is 11.6 Å². The van der Waals surface area contributed by atoms with Crippen LogP contribution in [0.1, 0.15) is 19.3 Å². The largest absolute Gasteiger partial charge is 0.355 e. The Labute approximate surface area is 136 Å². The number of amides is 1. The van der Waals surface area contributed by atoms with E-state index >= 15 is 0 Å². The molecule has 1 aliphatic heterocycles. The van der Waals surface area contributed by atoms with Crippen LogP contribution in [-0.4, -0.2) is 39.7 Å². The Hall–Kier alpha value is -1.11. The van der Waals surface area contributed by atoms with E-state index in [1.807, 2.05) is 0 Å². The number of carbonyl (C=O) groups is 1. The molecule has 2 N–H and O–H groups in total. The third-order valence-corrected chi connectivity index (χ3v) is 5.79. The van der Waals surface area contributed by atoms with Crippen LogP contribution in [0.4, 0.5) is 0 Å². The molecule has 1 heterocycles. The molecule has 1 aromatic rings. The Balaban J connectivity index is 1.72. The molecule has 1 amide bonds. The minimum absolute atomic E-state index is 0.0850. The molecular formula is C15H21ClN2O3S. The predicted octanol–water partition coefficient (Wildman–Crippen LogP) is 1.62. The van der Waals surface area contributed by atoms with Gasteiger partial charge in [-0.05, 0) is 56.1 Å². The number of sulfone groups is 1. The summed E-state index contributed by atoms with van der Waals surface area (Å²) < 4.78 is 24.2. The van der Waals surface area contributed by atoms with Gasteiger partial charge >= 0.3 is 0 Å². The first-order chi connectivity index (χ1) is 10.5. The van der Waals surface area contributed by atoms with Gasteiger partial charge < -0.3 is 10.6 Å². The fraction of sp³-hybridized carbons (Fsp3) is 0.533. The van der Waals surface area contributed by atoms with Crippen LogP contribution in [-0.2, 0) is 14.6 Å². The zero-order chi connectivity index (χ0) is 16.0. The number of carbonyl (C=O) groups excluding carboxylic acids is 1. The average Bonchev–Trinajstić information content (AvgIpc) is 2.99. The van der Waals surface area contributed by atoms with Crippen molar-refractivity contribution in [3.8, 4) is 0 Å². The molecule has 2 rings (SSSR count). The van der Waals surface area contributed by atoms with E-state index in [1.165, 1.54) is 12.1 Å². The summed E-state index contributed by atoms with van der Waals surface area (Å²) in [6.45, 7) is 2.12. The summed E-state index contributed by atoms with van der Waals surface area (Å²) in [5, 5.41) is 6.43. The van der Waals surface area contributed by atoms with Gasteiger partial charge in [0.05, 0.1) is 10.6 Å². The Morgan fingerprint density at radius 3 is 2.68 bits per heavy atom. The monoisotopic (exact) mass is 344 g/mol. The number of nitrogens with one attached hydrogen (secondary N) is 2. The highest BCUT2D eigenvalue weighted by Gasteiger charge is 2.17. The highest BCUT2D eigenvalue weighted by molar-refractivity contribution is 7.91. The second-order valence-electron chi connectivity index (χ2n) is 5.52. The van der Waals surface area contributed by atoms with Crippen molar-refractivity contribution in [3.05, 3.63) is 29.3 Å². The Kier molecular flexibility index (Phi) is 6.23. The van der Waals surface area contributed by atoms with E-state index in [9.17, 15) is 13.2 Å². The molecule has 0 spiro atoms. The van der Waals surface area contributed by atoms with Crippen molar-refractivity contribution in [1.29, 1.82) is 0 Å². The van der Waals surface area contributed by atoms with Crippen LogP contribution in [0.3, 0.4) is 0 Å². The van der Waals surface area contributed by atoms with Gasteiger partial charge in [-0.1, -0.05) is 11.6 Å². The molecule has 0 aliphatic carbocycles. The first-order valence-electron chi connectivity index (χ1n) is 7.43. The van der Waals surface area contributed by atoms with Crippen molar-refractivity contribution in [2.45, 2.75) is 24.2 Å². The minimum atomic E-state index is -3.39. The Morgan fingerprint density at radius 2 is 2.05 bits per heavy atom. The van der Waals surface area contributed by atoms with Gasteiger partial charge in [-0.2, -0.15) is 0 Å². The van der Waals surface area contributed by atoms with Gasteiger partial charge in [-0.15, -0.1) is 0 Å². The van der Waals surface area contributed by atoms with Gasteiger partial charge in [0.25, 0.3) is 0 Å². The summed E-state index contributed by atoms with van der Waals surface area (Å²) in [6, 6.07) is 6.05. The summed E-state index contributed by atoms with van der Waals surface area (Å²) in [5.41, 5.74) is 0. The summed E-state index contributed by atoms with van der Waals surface area (Å²) in [7, 11) is -3.39. The minimum Gasteiger partial charge on any atom is -0.355 e. The van der Waals surface area contributed by atoms with Gasteiger partial charge in [0.2, 0.25) is 5.91 Å². The van der Waals surface area contributed by atoms with Crippen molar-refractivity contribution >= 4 is 27.3 Å². The average molecular weight is 345 g/mol. The van der Waals surface area contributed by atoms with Gasteiger partial charge in [-0.3, -0.25) is 4.79 Å². The topological polar surface area (TPSA) is 75.3 Å². The van der Waals surface area contributed by atoms with E-state index < -0.39 is 9.84 Å². The molecule has 1 aromatic carbocycles. The van der Waals surface area contributed by atoms with Crippen molar-refractivity contribution < 1.29 is 13.2 Å². The maximum atomic E-state index is 12.1. The highest BCUT2D eigenvalue weighted by atomic mass is 35.5. The number of hydrogen-bond donors (Lipinski definition) is 2. The molecule has 0 saturated carbocycles. The third kappa shape index (κ3) is 5.26. The maximum Gasteiger partial charge on any atom is 0.220 e. The maximum absolute atomic E-state index is 12.1. The molecule has 5 nitrogen and oxygen atoms in total. The van der Waals surface area contributed by atoms with Crippen molar-refractivity contribution in [2.75, 3.05) is 25.4 Å². The predicted molar refractivity (Wildman–Crippen MR) is 86.7 cm³/mol. The summed E-state index contributed by atoms with van der Waals surface area (Å²) >= 11 is 5.74. The molecule has 0 bridgehead atoms. The van der Waals surface area contributed by atoms with E-state index in [-0.39, 0.29) is 23.1 Å². The highest BCUT2D eigenvalue weighted by Crippen LogP contribution is 2.15. The molecular weight excluding hydrogens is 324 g/mol. The van der Waals surface area contributed by atoms with Gasteiger partial charge in [0, 0.05) is 18.0 Å². The first kappa shape index (κ1) is 17.2. The Bertz CT molecular complexity index is 596. The third-order valence-electron chi connectivity index (χ3n) is 3.81. The summed E-state index contributed by atoms with van der Waals surface area (Å²) in [6.07, 6.45) is 2.41. The Morgan fingerprint density at radius 1 is 1.32 bits per heavy atom. The van der Waals surface area contributed by atoms with Crippen LogP contribution in [0.2, 0.25) is 5.02 Å². The zero-order valence-electron chi connectivity index (χ0n) is 12.3. The van der Waals surface area contributed by atoms with Crippen molar-refractivity contribution in [1.82, 2.24) is 10.6 Å². The van der Waals surface area contributed by atoms with Crippen LogP contribution in [0.25, 0.3) is 0 Å². The van der Waals surface area contributed by atoms with E-state index in [1.54, 1.807) is 12.1 Å². The fourth-order valence-electron chi connectivity index (χ4n) is 2.47. The second kappa shape index (κ2) is 7.94. The number of benzene rings is 1. The number of halogens is 1. The molecule has 7 heteroatoms. The normalized spacial score (nSPS) is 18.3. The molecule has 1 aliphatic rings. The van der Waals surface area contributed by atoms with Crippen LogP contribution in [0.15, 0.2) is 29.2 Å². The standard InChI is InChI=1S/C15H21ClN2O3S/c16-13-2-4-14(5-3-13)22(20,21)10-9-18-15(19)6-1-12-7-8-17-11-12/h2-5,12,17H,1,6-11H2,(H,18,19). The zero-order valence-corrected chi connectivity index (χ0v) is 13.9. The van der Waals surface area contributed by atoms with Crippen LogP contribution < -0.4 is 10.6 Å². The smallest absolute Gasteiger partial charge is 0.220 e. The second-order valence-corrected chi connectivity index (χ2v) is 8.07. The number of rotatable bonds is 7. The molecule has 0 radical (unpaired) electrons. The lowest BCUT2D eigenvalue weighted by Gasteiger charge is -2.09. The number of hydrogen-bond acceptors (Lipinski definition) is 4. The molecule has 1 unspecified atom stereocenters. The summed E-state index contributed by atoms with van der Waals surface area (Å²) in [5.74, 6) is 0.368. The van der Waals surface area contributed by atoms with Crippen LogP contribution in [0, 0.1) is 5.92 Å². The molecule has 122 valence electrons. The lowest BCUT2D eigenvalue weighted by molar-refractivity contribution is -0.121. The molecule has 1 atom stereocenters. The molecule has 22 heavy (non-hydrogen) atoms. The van der Waals surface area contributed by atoms with Crippen LogP contribution >= 0.6 is 11.6 Å². The molecule has 1 fully saturated rings. The van der Waals surface area contributed by atoms with E-state index in [2.05, 4.69) is 10.6 Å². The van der Waals surface area contributed by atoms with Gasteiger partial charge in [-0.25, -0.2) is 8.42 Å². The van der Waals surface area contributed by atoms with Gasteiger partial charge in [0.15, 0.2) is 9.84 Å². The van der Waals surface area contributed by atoms with E-state index in [0.29, 0.717) is 17.4 Å². The lowest BCUT2D eigenvalue weighted by atomic mass is 10.0. The van der Waals surface area contributed by atoms with Crippen molar-refractivity contribution in [3.63, 3.8) is 0 Å². The van der Waals surface area contributed by atoms with Crippen molar-refractivity contribution in [2.24, 2.45) is 5.92 Å². The first-order valence-corrected chi connectivity index (χ1v) is 9.46. The summed E-state index contributed by atoms with van der Waals surface area (Å²) in [4.78, 5) is 11.9.